The Morgan fingerprint density at radius 2 is 1.82 bits per heavy atom. The van der Waals surface area contributed by atoms with Crippen LogP contribution in [-0.2, 0) is 49.8 Å². The third kappa shape index (κ3) is 9.78. The summed E-state index contributed by atoms with van der Waals surface area (Å²) in [4.78, 5) is 72.7. The number of benzene rings is 2. The second-order valence-electron chi connectivity index (χ2n) is 21.8. The Morgan fingerprint density at radius 3 is 2.53 bits per heavy atom. The van der Waals surface area contributed by atoms with Crippen molar-refractivity contribution in [3.05, 3.63) is 99.5 Å². The molecule has 4 aromatic rings. The number of hydrogen-bond donors (Lipinski definition) is 3. The van der Waals surface area contributed by atoms with Gasteiger partial charge in [0.1, 0.15) is 18.1 Å². The van der Waals surface area contributed by atoms with Crippen molar-refractivity contribution in [2.75, 3.05) is 44.3 Å². The number of aliphatic imine (C=N–C) groups is 1. The number of aliphatic hydroxyl groups is 1. The molecule has 5 atom stereocenters. The molecule has 6 aliphatic rings. The van der Waals surface area contributed by atoms with Crippen LogP contribution in [0.3, 0.4) is 0 Å². The largest absolute Gasteiger partial charge is 0.391 e. The number of allylic oxidation sites excluding steroid dienone is 1. The molecule has 8 heterocycles. The van der Waals surface area contributed by atoms with E-state index in [-0.39, 0.29) is 43.6 Å². The van der Waals surface area contributed by atoms with E-state index in [9.17, 15) is 24.3 Å². The van der Waals surface area contributed by atoms with E-state index >= 15 is 8.78 Å². The first-order valence-corrected chi connectivity index (χ1v) is 26.7. The molecule has 10 rings (SSSR count). The summed E-state index contributed by atoms with van der Waals surface area (Å²) in [6.07, 6.45) is 7.06. The maximum absolute atomic E-state index is 15.7. The third-order valence-corrected chi connectivity index (χ3v) is 16.7. The monoisotopic (exact) mass is 1030 g/mol. The van der Waals surface area contributed by atoms with E-state index < -0.39 is 59.3 Å². The number of ether oxygens (including phenoxy) is 1. The number of aromatic nitrogens is 3. The van der Waals surface area contributed by atoms with Gasteiger partial charge in [-0.15, -0.1) is 11.3 Å². The van der Waals surface area contributed by atoms with E-state index in [1.54, 1.807) is 53.2 Å². The molecule has 74 heavy (non-hydrogen) atoms. The molecule has 19 heteroatoms. The van der Waals surface area contributed by atoms with Gasteiger partial charge in [-0.05, 0) is 85.4 Å². The summed E-state index contributed by atoms with van der Waals surface area (Å²) in [5, 5.41) is 22.0. The third-order valence-electron chi connectivity index (χ3n) is 15.8. The normalized spacial score (nSPS) is 23.2. The summed E-state index contributed by atoms with van der Waals surface area (Å²) < 4.78 is 39.2. The Hall–Kier alpha value is -6.31. The zero-order valence-electron chi connectivity index (χ0n) is 42.9. The number of nitrogens with zero attached hydrogens (tertiary/aromatic N) is 8. The number of rotatable bonds is 12. The summed E-state index contributed by atoms with van der Waals surface area (Å²) in [6, 6.07) is 8.76. The first-order valence-electron chi connectivity index (χ1n) is 25.8. The van der Waals surface area contributed by atoms with Crippen LogP contribution in [0.2, 0.25) is 0 Å². The summed E-state index contributed by atoms with van der Waals surface area (Å²) >= 11 is 1.56. The van der Waals surface area contributed by atoms with Crippen LogP contribution < -0.4 is 15.5 Å². The van der Waals surface area contributed by atoms with Gasteiger partial charge in [-0.1, -0.05) is 51.1 Å². The molecule has 0 saturated carbocycles. The second kappa shape index (κ2) is 20.4. The molecule has 6 aliphatic heterocycles. The van der Waals surface area contributed by atoms with Crippen LogP contribution in [0.25, 0.3) is 16.0 Å². The number of alkyl halides is 2. The molecule has 4 amide bonds. The number of anilines is 2. The molecule has 3 N–H and O–H groups in total. The maximum Gasteiger partial charge on any atom is 0.264 e. The molecule has 0 radical (unpaired) electrons. The Morgan fingerprint density at radius 1 is 1.05 bits per heavy atom. The number of aliphatic hydroxyl groups excluding tert-OH is 1. The van der Waals surface area contributed by atoms with Crippen LogP contribution >= 0.6 is 11.3 Å². The number of β-amino-alcohol motifs (C(OH)–C–C–N with tert-alkyl or cyclic N) is 1. The molecule has 0 aliphatic carbocycles. The van der Waals surface area contributed by atoms with Gasteiger partial charge in [0.15, 0.2) is 5.82 Å². The van der Waals surface area contributed by atoms with Gasteiger partial charge in [-0.2, -0.15) is 5.10 Å². The molecule has 2 aromatic heterocycles. The number of halogens is 2. The van der Waals surface area contributed by atoms with E-state index in [1.165, 1.54) is 4.90 Å². The van der Waals surface area contributed by atoms with Gasteiger partial charge in [-0.25, -0.2) is 13.8 Å². The zero-order chi connectivity index (χ0) is 52.2. The van der Waals surface area contributed by atoms with Crippen molar-refractivity contribution in [1.29, 1.82) is 0 Å². The average molecular weight is 1030 g/mol. The number of likely N-dealkylation sites (tertiary alicyclic amines) is 1. The van der Waals surface area contributed by atoms with Crippen molar-refractivity contribution in [3.8, 4) is 10.4 Å². The topological polar surface area (TPSA) is 178 Å². The Bertz CT molecular complexity index is 2920. The van der Waals surface area contributed by atoms with Crippen LogP contribution in [-0.4, -0.2) is 134 Å². The van der Waals surface area contributed by atoms with Crippen molar-refractivity contribution < 1.29 is 37.8 Å². The van der Waals surface area contributed by atoms with Crippen LogP contribution in [0.5, 0.6) is 0 Å². The Kier molecular flexibility index (Phi) is 14.1. The van der Waals surface area contributed by atoms with Crippen LogP contribution in [0, 0.1) is 12.3 Å². The summed E-state index contributed by atoms with van der Waals surface area (Å²) in [5.74, 6) is -0.713. The lowest BCUT2D eigenvalue weighted by molar-refractivity contribution is -0.144. The minimum atomic E-state index is -2.85. The number of thiazole rings is 1. The number of dihydropyridines is 1. The molecule has 392 valence electrons. The Labute approximate surface area is 434 Å². The predicted molar refractivity (Wildman–Crippen MR) is 279 cm³/mol. The summed E-state index contributed by atoms with van der Waals surface area (Å²) in [5.41, 5.74) is 7.24. The van der Waals surface area contributed by atoms with Gasteiger partial charge in [-0.3, -0.25) is 28.9 Å². The van der Waals surface area contributed by atoms with Crippen molar-refractivity contribution in [2.24, 2.45) is 10.4 Å². The lowest BCUT2D eigenvalue weighted by Crippen LogP contribution is -2.59. The quantitative estimate of drug-likeness (QED) is 0.136. The SMILES string of the molecule is CC(=O)N1CCc2c(c(N3CCCc4cc(C5=CN(CC(=O)N[C@H](C(=O)N6C[C@H](O)C[C@H]6C(=O)NCc6ccc(-c7scnc7C)cc6)C(C)(C)C)C6(C)C=CC=NC56)c(C(F)F)cc43)nn2C2CCOCC2)C1. The number of carbonyl (C=O) groups excluding carboxylic acids is 4. The fourth-order valence-corrected chi connectivity index (χ4v) is 12.5. The molecule has 2 unspecified atom stereocenters. The fraction of sp³-hybridized carbons (Fsp3) is 0.509. The van der Waals surface area contributed by atoms with Crippen molar-refractivity contribution in [3.63, 3.8) is 0 Å². The highest BCUT2D eigenvalue weighted by Crippen LogP contribution is 2.48. The molecular weight excluding hydrogens is 967 g/mol. The van der Waals surface area contributed by atoms with Crippen molar-refractivity contribution in [2.45, 2.75) is 135 Å². The fourth-order valence-electron chi connectivity index (χ4n) is 11.7. The van der Waals surface area contributed by atoms with E-state index in [4.69, 9.17) is 14.8 Å². The smallest absolute Gasteiger partial charge is 0.264 e. The highest BCUT2D eigenvalue weighted by Gasteiger charge is 2.49. The number of fused-ring (bicyclic) bond motifs is 3. The number of nitrogens with one attached hydrogen (secondary N) is 2. The van der Waals surface area contributed by atoms with Crippen LogP contribution in [0.15, 0.2) is 65.3 Å². The Balaban J connectivity index is 0.889. The number of carbonyl (C=O) groups is 4. The van der Waals surface area contributed by atoms with Crippen LogP contribution in [0.4, 0.5) is 20.3 Å². The van der Waals surface area contributed by atoms with Crippen molar-refractivity contribution in [1.82, 2.24) is 40.1 Å². The lowest BCUT2D eigenvalue weighted by Gasteiger charge is -2.39. The molecule has 2 saturated heterocycles. The molecule has 2 aromatic carbocycles. The molecule has 0 bridgehead atoms. The second-order valence-corrected chi connectivity index (χ2v) is 22.6. The summed E-state index contributed by atoms with van der Waals surface area (Å²) in [6.45, 7) is 13.7. The highest BCUT2D eigenvalue weighted by molar-refractivity contribution is 7.13. The first kappa shape index (κ1) is 51.2. The van der Waals surface area contributed by atoms with Gasteiger partial charge in [0.2, 0.25) is 23.6 Å². The molecule has 2 fully saturated rings. The van der Waals surface area contributed by atoms with Gasteiger partial charge in [0, 0.05) is 99.7 Å². The van der Waals surface area contributed by atoms with E-state index in [0.29, 0.717) is 68.3 Å². The highest BCUT2D eigenvalue weighted by atomic mass is 32.1. The van der Waals surface area contributed by atoms with Gasteiger partial charge in [0.25, 0.3) is 6.43 Å². The standard InChI is InChI=1S/C55H66F2N10O6S/c1-32-47(74-31-60-32)35-12-10-34(11-13-35)26-59-52(71)45-24-38(69)27-66(45)53(72)49(54(3,4)5)61-46(70)30-64-29-41(48-55(64,6)17-8-18-58-48)39-23-36-9-7-19-65(44(36)25-40(39)50(56)57)51-42-28-63(33(2)68)20-14-43(42)67(62-51)37-15-21-73-22-16-37/h8,10-13,17-18,23,25,29,31,37-38,45,48-50,69H,7,9,14-16,19-22,24,26-28,30H2,1-6H3,(H,59,71)(H,61,70)/t38-,45+,48?,49-,55?/m1/s1. The van der Waals surface area contributed by atoms with Gasteiger partial charge in [0.05, 0.1) is 46.9 Å². The van der Waals surface area contributed by atoms with Crippen LogP contribution in [0.1, 0.15) is 112 Å². The number of aryl methyl sites for hydroxylation is 2. The average Bonchev–Trinajstić information content (AvgIpc) is 4.17. The van der Waals surface area contributed by atoms with Gasteiger partial charge < -0.3 is 40.1 Å². The van der Waals surface area contributed by atoms with Crippen molar-refractivity contribution >= 4 is 58.3 Å². The van der Waals surface area contributed by atoms with E-state index in [1.807, 2.05) is 75.9 Å². The summed E-state index contributed by atoms with van der Waals surface area (Å²) in [7, 11) is 0. The number of hydrogen-bond acceptors (Lipinski definition) is 12. The number of amides is 4. The lowest BCUT2D eigenvalue weighted by atomic mass is 9.83. The minimum Gasteiger partial charge on any atom is -0.391 e. The van der Waals surface area contributed by atoms with E-state index in [0.717, 1.165) is 57.8 Å². The predicted octanol–water partition coefficient (Wildman–Crippen LogP) is 6.83. The first-order chi connectivity index (χ1) is 35.4. The maximum atomic E-state index is 15.7. The molecule has 0 spiro atoms. The minimum absolute atomic E-state index is 0.0230. The van der Waals surface area contributed by atoms with E-state index in [2.05, 4.69) is 25.2 Å². The molecular formula is C55H66F2N10O6S. The molecule has 16 nitrogen and oxygen atoms in total. The van der Waals surface area contributed by atoms with Gasteiger partial charge >= 0.3 is 0 Å². The zero-order valence-corrected chi connectivity index (χ0v) is 43.8.